The predicted molar refractivity (Wildman–Crippen MR) is 70.1 cm³/mol. The molecule has 0 bridgehead atoms. The molecule has 0 unspecified atom stereocenters. The van der Waals surface area contributed by atoms with Crippen molar-refractivity contribution in [3.8, 4) is 0 Å². The van der Waals surface area contributed by atoms with Gasteiger partial charge in [-0.25, -0.2) is 8.42 Å². The average Bonchev–Trinajstić information content (AvgIpc) is 2.35. The predicted octanol–water partition coefficient (Wildman–Crippen LogP) is 2.24. The fourth-order valence-corrected chi connectivity index (χ4v) is 3.96. The van der Waals surface area contributed by atoms with Crippen molar-refractivity contribution >= 4 is 10.0 Å². The minimum Gasteiger partial charge on any atom is -0.395 e. The molecule has 2 rings (SSSR count). The highest BCUT2D eigenvalue weighted by molar-refractivity contribution is 7.89. The van der Waals surface area contributed by atoms with E-state index in [1.165, 1.54) is 0 Å². The van der Waals surface area contributed by atoms with Gasteiger partial charge in [0.15, 0.2) is 0 Å². The summed E-state index contributed by atoms with van der Waals surface area (Å²) in [4.78, 5) is -0.391. The number of sulfonamides is 1. The Kier molecular flexibility index (Phi) is 4.60. The summed E-state index contributed by atoms with van der Waals surface area (Å²) in [5.74, 6) is 0. The van der Waals surface area contributed by atoms with Crippen molar-refractivity contribution in [1.82, 2.24) is 4.31 Å². The average molecular weight is 323 g/mol. The molecule has 1 N–H and O–H groups in total. The summed E-state index contributed by atoms with van der Waals surface area (Å²) in [7, 11) is -4.03. The number of rotatable bonds is 5. The van der Waals surface area contributed by atoms with Gasteiger partial charge in [0.2, 0.25) is 10.0 Å². The summed E-state index contributed by atoms with van der Waals surface area (Å²) in [6, 6.07) is 3.45. The van der Waals surface area contributed by atoms with Gasteiger partial charge in [-0.1, -0.05) is 12.5 Å². The third-order valence-corrected chi connectivity index (χ3v) is 5.52. The molecule has 0 saturated heterocycles. The molecule has 0 aliphatic heterocycles. The van der Waals surface area contributed by atoms with Crippen molar-refractivity contribution in [2.45, 2.75) is 36.4 Å². The molecule has 4 nitrogen and oxygen atoms in total. The minimum absolute atomic E-state index is 0.108. The smallest absolute Gasteiger partial charge is 0.395 e. The number of aliphatic hydroxyl groups excluding tert-OH is 1. The maximum atomic E-state index is 12.7. The highest BCUT2D eigenvalue weighted by atomic mass is 32.2. The molecule has 0 aromatic heterocycles. The van der Waals surface area contributed by atoms with Gasteiger partial charge in [-0.3, -0.25) is 0 Å². The quantitative estimate of drug-likeness (QED) is 0.904. The molecule has 118 valence electrons. The van der Waals surface area contributed by atoms with Crippen LogP contribution in [-0.4, -0.2) is 37.0 Å². The van der Waals surface area contributed by atoms with Gasteiger partial charge in [-0.2, -0.15) is 17.5 Å². The molecular formula is C13H16F3NO3S. The van der Waals surface area contributed by atoms with Crippen LogP contribution in [0.15, 0.2) is 29.2 Å². The Hall–Kier alpha value is -1.12. The summed E-state index contributed by atoms with van der Waals surface area (Å²) in [5, 5.41) is 9.01. The van der Waals surface area contributed by atoms with E-state index in [1.54, 1.807) is 0 Å². The molecular weight excluding hydrogens is 307 g/mol. The largest absolute Gasteiger partial charge is 0.416 e. The van der Waals surface area contributed by atoms with Crippen molar-refractivity contribution in [2.75, 3.05) is 13.2 Å². The first-order chi connectivity index (χ1) is 9.76. The topological polar surface area (TPSA) is 57.6 Å². The number of aliphatic hydroxyl groups is 1. The zero-order valence-electron chi connectivity index (χ0n) is 11.2. The first-order valence-electron chi connectivity index (χ1n) is 6.57. The number of hydrogen-bond donors (Lipinski definition) is 1. The summed E-state index contributed by atoms with van der Waals surface area (Å²) >= 11 is 0. The van der Waals surface area contributed by atoms with Crippen molar-refractivity contribution in [3.05, 3.63) is 29.8 Å². The second kappa shape index (κ2) is 5.94. The zero-order chi connectivity index (χ0) is 15.7. The second-order valence-corrected chi connectivity index (χ2v) is 6.84. The number of halogens is 3. The molecule has 1 aromatic carbocycles. The van der Waals surface area contributed by atoms with Crippen LogP contribution in [-0.2, 0) is 16.2 Å². The van der Waals surface area contributed by atoms with Crippen LogP contribution in [0.1, 0.15) is 24.8 Å². The minimum atomic E-state index is -4.59. The standard InChI is InChI=1S/C13H16F3NO3S/c14-13(15,16)10-3-1-6-12(9-10)21(19,20)17(7-8-18)11-4-2-5-11/h1,3,6,9,11,18H,2,4-5,7-8H2. The van der Waals surface area contributed by atoms with Gasteiger partial charge in [0.05, 0.1) is 17.1 Å². The van der Waals surface area contributed by atoms with Gasteiger partial charge >= 0.3 is 6.18 Å². The Bertz CT molecular complexity index is 597. The van der Waals surface area contributed by atoms with Crippen LogP contribution < -0.4 is 0 Å². The van der Waals surface area contributed by atoms with Gasteiger partial charge in [0, 0.05) is 12.6 Å². The van der Waals surface area contributed by atoms with E-state index in [9.17, 15) is 21.6 Å². The summed E-state index contributed by atoms with van der Waals surface area (Å²) < 4.78 is 64.1. The summed E-state index contributed by atoms with van der Waals surface area (Å²) in [6.07, 6.45) is -2.38. The van der Waals surface area contributed by atoms with E-state index in [0.717, 1.165) is 28.9 Å². The lowest BCUT2D eigenvalue weighted by Gasteiger charge is -2.36. The van der Waals surface area contributed by atoms with E-state index in [2.05, 4.69) is 0 Å². The van der Waals surface area contributed by atoms with Gasteiger partial charge in [0.1, 0.15) is 0 Å². The first kappa shape index (κ1) is 16.3. The normalized spacial score (nSPS) is 17.0. The van der Waals surface area contributed by atoms with Crippen LogP contribution in [0.25, 0.3) is 0 Å². The zero-order valence-corrected chi connectivity index (χ0v) is 12.0. The van der Waals surface area contributed by atoms with Crippen LogP contribution in [0.2, 0.25) is 0 Å². The van der Waals surface area contributed by atoms with E-state index in [0.29, 0.717) is 18.9 Å². The van der Waals surface area contributed by atoms with Crippen LogP contribution in [0, 0.1) is 0 Å². The van der Waals surface area contributed by atoms with Crippen LogP contribution in [0.3, 0.4) is 0 Å². The van der Waals surface area contributed by atoms with Gasteiger partial charge in [-0.15, -0.1) is 0 Å². The van der Waals surface area contributed by atoms with Crippen molar-refractivity contribution < 1.29 is 26.7 Å². The van der Waals surface area contributed by atoms with Crippen LogP contribution in [0.4, 0.5) is 13.2 Å². The Balaban J connectivity index is 2.37. The molecule has 21 heavy (non-hydrogen) atoms. The van der Waals surface area contributed by atoms with Gasteiger partial charge in [-0.05, 0) is 31.0 Å². The lowest BCUT2D eigenvalue weighted by atomic mass is 9.93. The van der Waals surface area contributed by atoms with Gasteiger partial charge in [0.25, 0.3) is 0 Å². The fourth-order valence-electron chi connectivity index (χ4n) is 2.24. The molecule has 1 aromatic rings. The highest BCUT2D eigenvalue weighted by Gasteiger charge is 2.36. The Morgan fingerprint density at radius 3 is 2.43 bits per heavy atom. The maximum Gasteiger partial charge on any atom is 0.416 e. The number of hydrogen-bond acceptors (Lipinski definition) is 3. The second-order valence-electron chi connectivity index (χ2n) is 4.95. The molecule has 1 fully saturated rings. The Morgan fingerprint density at radius 2 is 1.95 bits per heavy atom. The Morgan fingerprint density at radius 1 is 1.29 bits per heavy atom. The molecule has 0 atom stereocenters. The number of nitrogens with zero attached hydrogens (tertiary/aromatic N) is 1. The van der Waals surface area contributed by atoms with E-state index < -0.39 is 26.7 Å². The van der Waals surface area contributed by atoms with Crippen LogP contribution in [0.5, 0.6) is 0 Å². The number of benzene rings is 1. The number of alkyl halides is 3. The Labute approximate surface area is 121 Å². The molecule has 1 aliphatic carbocycles. The molecule has 1 aliphatic rings. The SMILES string of the molecule is O=S(=O)(c1cccc(C(F)(F)F)c1)N(CCO)C1CCC1. The molecule has 0 heterocycles. The van der Waals surface area contributed by atoms with Gasteiger partial charge < -0.3 is 5.11 Å². The first-order valence-corrected chi connectivity index (χ1v) is 8.01. The lowest BCUT2D eigenvalue weighted by molar-refractivity contribution is -0.137. The monoisotopic (exact) mass is 323 g/mol. The maximum absolute atomic E-state index is 12.7. The highest BCUT2D eigenvalue weighted by Crippen LogP contribution is 2.33. The summed E-state index contributed by atoms with van der Waals surface area (Å²) in [6.45, 7) is -0.474. The molecule has 1 saturated carbocycles. The van der Waals surface area contributed by atoms with E-state index in [-0.39, 0.29) is 19.2 Å². The van der Waals surface area contributed by atoms with Crippen molar-refractivity contribution in [1.29, 1.82) is 0 Å². The molecule has 8 heteroatoms. The third-order valence-electron chi connectivity index (χ3n) is 3.57. The van der Waals surface area contributed by atoms with E-state index >= 15 is 0 Å². The van der Waals surface area contributed by atoms with Crippen molar-refractivity contribution in [2.24, 2.45) is 0 Å². The molecule has 0 radical (unpaired) electrons. The van der Waals surface area contributed by atoms with Crippen molar-refractivity contribution in [3.63, 3.8) is 0 Å². The third kappa shape index (κ3) is 3.38. The summed E-state index contributed by atoms with van der Waals surface area (Å²) in [5.41, 5.74) is -0.999. The fraction of sp³-hybridized carbons (Fsp3) is 0.538. The van der Waals surface area contributed by atoms with Crippen LogP contribution >= 0.6 is 0 Å². The van der Waals surface area contributed by atoms with E-state index in [1.807, 2.05) is 0 Å². The molecule has 0 amide bonds. The molecule has 0 spiro atoms. The van der Waals surface area contributed by atoms with E-state index in [4.69, 9.17) is 5.11 Å². The lowest BCUT2D eigenvalue weighted by Crippen LogP contribution is -2.45.